The van der Waals surface area contributed by atoms with E-state index in [1.54, 1.807) is 6.08 Å². The molecule has 0 saturated heterocycles. The van der Waals surface area contributed by atoms with Crippen molar-refractivity contribution in [3.8, 4) is 0 Å². The molecule has 2 unspecified atom stereocenters. The minimum absolute atomic E-state index is 0.0970. The lowest BCUT2D eigenvalue weighted by Crippen LogP contribution is -2.43. The van der Waals surface area contributed by atoms with Crippen LogP contribution >= 0.6 is 11.6 Å². The molecule has 0 amide bonds. The summed E-state index contributed by atoms with van der Waals surface area (Å²) in [6, 6.07) is 0. The SMILES string of the molecule is CC1(OC(CO)C(=O)C(C)(C)C)C=CC(Cl)=CC1. The fraction of sp³-hybridized carbons (Fsp3) is 0.643. The molecule has 1 aliphatic carbocycles. The summed E-state index contributed by atoms with van der Waals surface area (Å²) in [5, 5.41) is 10.0. The zero-order chi connectivity index (χ0) is 14.0. The maximum Gasteiger partial charge on any atom is 0.169 e. The van der Waals surface area contributed by atoms with E-state index in [4.69, 9.17) is 16.3 Å². The molecule has 3 nitrogen and oxygen atoms in total. The molecule has 0 aromatic rings. The van der Waals surface area contributed by atoms with Crippen molar-refractivity contribution in [1.29, 1.82) is 0 Å². The van der Waals surface area contributed by atoms with Crippen LogP contribution in [-0.4, -0.2) is 29.2 Å². The number of allylic oxidation sites excluding steroid dienone is 2. The molecule has 0 saturated carbocycles. The molecule has 0 bridgehead atoms. The van der Waals surface area contributed by atoms with Crippen molar-refractivity contribution in [2.75, 3.05) is 6.61 Å². The highest BCUT2D eigenvalue weighted by molar-refractivity contribution is 6.31. The number of rotatable bonds is 4. The molecule has 0 aromatic carbocycles. The molecule has 0 aromatic heterocycles. The van der Waals surface area contributed by atoms with Crippen LogP contribution in [-0.2, 0) is 9.53 Å². The molecule has 0 spiro atoms. The lowest BCUT2D eigenvalue weighted by molar-refractivity contribution is -0.150. The van der Waals surface area contributed by atoms with Crippen molar-refractivity contribution in [3.05, 3.63) is 23.3 Å². The van der Waals surface area contributed by atoms with Gasteiger partial charge in [-0.1, -0.05) is 44.5 Å². The highest BCUT2D eigenvalue weighted by atomic mass is 35.5. The third-order valence-electron chi connectivity index (χ3n) is 2.91. The zero-order valence-corrected chi connectivity index (χ0v) is 12.1. The summed E-state index contributed by atoms with van der Waals surface area (Å²) in [4.78, 5) is 12.1. The molecular weight excluding hydrogens is 252 g/mol. The summed E-state index contributed by atoms with van der Waals surface area (Å²) in [6.07, 6.45) is 5.22. The number of hydrogen-bond donors (Lipinski definition) is 1. The normalized spacial score (nSPS) is 25.8. The van der Waals surface area contributed by atoms with Gasteiger partial charge >= 0.3 is 0 Å². The number of carbonyl (C=O) groups excluding carboxylic acids is 1. The van der Waals surface area contributed by atoms with Crippen LogP contribution in [0.4, 0.5) is 0 Å². The van der Waals surface area contributed by atoms with Crippen molar-refractivity contribution in [2.45, 2.75) is 45.8 Å². The van der Waals surface area contributed by atoms with Crippen LogP contribution in [0, 0.1) is 5.41 Å². The van der Waals surface area contributed by atoms with Gasteiger partial charge in [0, 0.05) is 10.4 Å². The lowest BCUT2D eigenvalue weighted by atomic mass is 9.87. The summed E-state index contributed by atoms with van der Waals surface area (Å²) >= 11 is 5.85. The molecule has 18 heavy (non-hydrogen) atoms. The third-order valence-corrected chi connectivity index (χ3v) is 3.19. The lowest BCUT2D eigenvalue weighted by Gasteiger charge is -2.33. The second kappa shape index (κ2) is 5.55. The number of carbonyl (C=O) groups is 1. The fourth-order valence-corrected chi connectivity index (χ4v) is 1.90. The van der Waals surface area contributed by atoms with Crippen LogP contribution in [0.3, 0.4) is 0 Å². The molecule has 2 atom stereocenters. The van der Waals surface area contributed by atoms with Gasteiger partial charge in [0.1, 0.15) is 6.10 Å². The Balaban J connectivity index is 2.76. The summed E-state index contributed by atoms with van der Waals surface area (Å²) < 4.78 is 5.78. The van der Waals surface area contributed by atoms with Crippen molar-refractivity contribution < 1.29 is 14.6 Å². The highest BCUT2D eigenvalue weighted by Crippen LogP contribution is 2.29. The average molecular weight is 273 g/mol. The van der Waals surface area contributed by atoms with Crippen LogP contribution in [0.25, 0.3) is 0 Å². The molecule has 1 aliphatic rings. The predicted octanol–water partition coefficient (Wildman–Crippen LogP) is 2.82. The van der Waals surface area contributed by atoms with Crippen LogP contribution in [0.2, 0.25) is 0 Å². The van der Waals surface area contributed by atoms with Gasteiger partial charge in [0.15, 0.2) is 5.78 Å². The Labute approximate surface area is 113 Å². The second-order valence-corrected chi connectivity index (χ2v) is 6.28. The number of hydrogen-bond acceptors (Lipinski definition) is 3. The molecule has 4 heteroatoms. The van der Waals surface area contributed by atoms with Gasteiger partial charge in [-0.15, -0.1) is 0 Å². The Morgan fingerprint density at radius 2 is 2.22 bits per heavy atom. The molecule has 0 fully saturated rings. The Bertz CT molecular complexity index is 379. The topological polar surface area (TPSA) is 46.5 Å². The highest BCUT2D eigenvalue weighted by Gasteiger charge is 2.35. The van der Waals surface area contributed by atoms with Crippen molar-refractivity contribution in [3.63, 3.8) is 0 Å². The summed E-state index contributed by atoms with van der Waals surface area (Å²) in [7, 11) is 0. The van der Waals surface area contributed by atoms with Crippen LogP contribution in [0.1, 0.15) is 34.1 Å². The first-order chi connectivity index (χ1) is 8.18. The Kier molecular flexibility index (Phi) is 4.76. The number of Topliss-reactive ketones (excluding diaryl/α,β-unsaturated/α-hetero) is 1. The van der Waals surface area contributed by atoms with E-state index in [9.17, 15) is 9.90 Å². The minimum atomic E-state index is -0.801. The number of halogens is 1. The summed E-state index contributed by atoms with van der Waals surface area (Å²) in [5.41, 5.74) is -1.12. The first-order valence-corrected chi connectivity index (χ1v) is 6.44. The Morgan fingerprint density at radius 1 is 1.61 bits per heavy atom. The van der Waals surface area contributed by atoms with Crippen LogP contribution in [0.5, 0.6) is 0 Å². The first kappa shape index (κ1) is 15.4. The second-order valence-electron chi connectivity index (χ2n) is 5.84. The van der Waals surface area contributed by atoms with Gasteiger partial charge in [0.05, 0.1) is 12.2 Å². The number of ether oxygens (including phenoxy) is 1. The van der Waals surface area contributed by atoms with E-state index in [-0.39, 0.29) is 12.4 Å². The number of ketones is 1. The van der Waals surface area contributed by atoms with Crippen molar-refractivity contribution in [1.82, 2.24) is 0 Å². The van der Waals surface area contributed by atoms with Gasteiger partial charge in [-0.3, -0.25) is 4.79 Å². The molecule has 0 heterocycles. The maximum atomic E-state index is 12.1. The molecular formula is C14H21ClO3. The monoisotopic (exact) mass is 272 g/mol. The fourth-order valence-electron chi connectivity index (χ4n) is 1.76. The Morgan fingerprint density at radius 3 is 2.61 bits per heavy atom. The van der Waals surface area contributed by atoms with E-state index in [0.29, 0.717) is 11.5 Å². The third kappa shape index (κ3) is 3.94. The largest absolute Gasteiger partial charge is 0.393 e. The van der Waals surface area contributed by atoms with E-state index in [2.05, 4.69) is 0 Å². The predicted molar refractivity (Wildman–Crippen MR) is 72.5 cm³/mol. The van der Waals surface area contributed by atoms with Gasteiger partial charge < -0.3 is 9.84 Å². The molecule has 1 N–H and O–H groups in total. The first-order valence-electron chi connectivity index (χ1n) is 6.06. The van der Waals surface area contributed by atoms with Gasteiger partial charge in [-0.05, 0) is 19.4 Å². The van der Waals surface area contributed by atoms with Gasteiger partial charge in [-0.25, -0.2) is 0 Å². The number of aliphatic hydroxyl groups is 1. The Hall–Kier alpha value is -0.640. The van der Waals surface area contributed by atoms with E-state index < -0.39 is 17.1 Å². The van der Waals surface area contributed by atoms with Crippen LogP contribution in [0.15, 0.2) is 23.3 Å². The zero-order valence-electron chi connectivity index (χ0n) is 11.4. The van der Waals surface area contributed by atoms with Gasteiger partial charge in [0.25, 0.3) is 0 Å². The minimum Gasteiger partial charge on any atom is -0.393 e. The van der Waals surface area contributed by atoms with Gasteiger partial charge in [-0.2, -0.15) is 0 Å². The van der Waals surface area contributed by atoms with E-state index in [1.165, 1.54) is 0 Å². The maximum absolute atomic E-state index is 12.1. The van der Waals surface area contributed by atoms with Crippen molar-refractivity contribution >= 4 is 17.4 Å². The molecule has 0 radical (unpaired) electrons. The molecule has 1 rings (SSSR count). The molecule has 0 aliphatic heterocycles. The standard InChI is InChI=1S/C14H21ClO3/c1-13(2,3)12(17)11(9-16)18-14(4)7-5-10(15)6-8-14/h5-7,11,16H,8-9H2,1-4H3. The van der Waals surface area contributed by atoms with E-state index >= 15 is 0 Å². The van der Waals surface area contributed by atoms with Gasteiger partial charge in [0.2, 0.25) is 0 Å². The van der Waals surface area contributed by atoms with E-state index in [0.717, 1.165) is 0 Å². The molecule has 102 valence electrons. The quantitative estimate of drug-likeness (QED) is 0.856. The van der Waals surface area contributed by atoms with Crippen molar-refractivity contribution in [2.24, 2.45) is 5.41 Å². The van der Waals surface area contributed by atoms with Crippen LogP contribution < -0.4 is 0 Å². The number of aliphatic hydroxyl groups excluding tert-OH is 1. The smallest absolute Gasteiger partial charge is 0.169 e. The summed E-state index contributed by atoms with van der Waals surface area (Å²) in [5.74, 6) is -0.0970. The summed E-state index contributed by atoms with van der Waals surface area (Å²) in [6.45, 7) is 7.02. The van der Waals surface area contributed by atoms with E-state index in [1.807, 2.05) is 39.8 Å². The average Bonchev–Trinajstić information content (AvgIpc) is 2.28.